The molecule has 5 rings (SSSR count). The third kappa shape index (κ3) is 3.53. The summed E-state index contributed by atoms with van der Waals surface area (Å²) < 4.78 is 19.1. The molecule has 0 unspecified atom stereocenters. The number of ether oxygens (including phenoxy) is 1. The number of hydrogen-bond acceptors (Lipinski definition) is 3. The van der Waals surface area contributed by atoms with Crippen molar-refractivity contribution in [2.45, 2.75) is 51.6 Å². The third-order valence-corrected chi connectivity index (χ3v) is 8.28. The fourth-order valence-electron chi connectivity index (χ4n) is 6.55. The van der Waals surface area contributed by atoms with Gasteiger partial charge in [-0.25, -0.2) is 4.39 Å². The molecule has 2 saturated carbocycles. The Kier molecular flexibility index (Phi) is 5.09. The number of rotatable bonds is 3. The number of allylic oxidation sites excluding steroid dienone is 1. The van der Waals surface area contributed by atoms with E-state index in [2.05, 4.69) is 24.5 Å². The lowest BCUT2D eigenvalue weighted by Gasteiger charge is -2.50. The Morgan fingerprint density at radius 3 is 2.80 bits per heavy atom. The molecule has 0 N–H and O–H groups in total. The van der Waals surface area contributed by atoms with Crippen molar-refractivity contribution in [3.8, 4) is 0 Å². The summed E-state index contributed by atoms with van der Waals surface area (Å²) in [4.78, 5) is 15.2. The van der Waals surface area contributed by atoms with Crippen LogP contribution < -0.4 is 0 Å². The highest BCUT2D eigenvalue weighted by atomic mass is 19.1. The first kappa shape index (κ1) is 20.0. The number of fused-ring (bicyclic) bond motifs is 2. The first-order valence-corrected chi connectivity index (χ1v) is 11.5. The maximum absolute atomic E-state index is 13.2. The monoisotopic (exact) mass is 409 g/mol. The van der Waals surface area contributed by atoms with E-state index < -0.39 is 0 Å². The van der Waals surface area contributed by atoms with Crippen molar-refractivity contribution >= 4 is 11.5 Å². The summed E-state index contributed by atoms with van der Waals surface area (Å²) in [5.74, 6) is 0.653. The predicted octanol–water partition coefficient (Wildman–Crippen LogP) is 5.23. The SMILES string of the molecule is C=C1CCC[C@@]2(C)C[C@H]3OC(=O)[C@@H](CN4CC=C(c5ccc(F)cc5)CC4)[C@@H]3C[C@H]12. The summed E-state index contributed by atoms with van der Waals surface area (Å²) in [5, 5.41) is 0. The Bertz CT molecular complexity index is 876. The van der Waals surface area contributed by atoms with Crippen molar-refractivity contribution in [1.29, 1.82) is 0 Å². The van der Waals surface area contributed by atoms with Gasteiger partial charge in [0.25, 0.3) is 0 Å². The molecule has 5 atom stereocenters. The zero-order valence-corrected chi connectivity index (χ0v) is 17.9. The van der Waals surface area contributed by atoms with Gasteiger partial charge in [0.1, 0.15) is 11.9 Å². The number of halogens is 1. The first-order chi connectivity index (χ1) is 14.4. The molecule has 0 bridgehead atoms. The average Bonchev–Trinajstić information content (AvgIpc) is 3.01. The molecule has 2 aliphatic carbocycles. The molecule has 160 valence electrons. The summed E-state index contributed by atoms with van der Waals surface area (Å²) in [5.41, 5.74) is 4.01. The van der Waals surface area contributed by atoms with Crippen LogP contribution in [0.4, 0.5) is 4.39 Å². The molecular weight excluding hydrogens is 377 g/mol. The normalized spacial score (nSPS) is 36.7. The highest BCUT2D eigenvalue weighted by Crippen LogP contribution is 2.57. The van der Waals surface area contributed by atoms with Crippen LogP contribution in [-0.4, -0.2) is 36.6 Å². The Morgan fingerprint density at radius 2 is 2.07 bits per heavy atom. The van der Waals surface area contributed by atoms with E-state index >= 15 is 0 Å². The van der Waals surface area contributed by atoms with Gasteiger partial charge in [0, 0.05) is 25.6 Å². The van der Waals surface area contributed by atoms with Gasteiger partial charge >= 0.3 is 5.97 Å². The van der Waals surface area contributed by atoms with Crippen LogP contribution in [0.25, 0.3) is 5.57 Å². The predicted molar refractivity (Wildman–Crippen MR) is 116 cm³/mol. The maximum atomic E-state index is 13.2. The molecule has 0 amide bonds. The van der Waals surface area contributed by atoms with Crippen molar-refractivity contribution < 1.29 is 13.9 Å². The van der Waals surface area contributed by atoms with Gasteiger partial charge in [-0.15, -0.1) is 0 Å². The fraction of sp³-hybridized carbons (Fsp3) is 0.577. The van der Waals surface area contributed by atoms with Crippen molar-refractivity contribution in [3.05, 3.63) is 53.9 Å². The number of esters is 1. The van der Waals surface area contributed by atoms with Crippen LogP contribution in [0.1, 0.15) is 51.0 Å². The molecule has 0 aromatic heterocycles. The standard InChI is InChI=1S/C26H32FNO2/c1-17-4-3-11-26(2)15-24-21(14-23(17)26)22(25(29)30-24)16-28-12-9-19(10-13-28)18-5-7-20(27)8-6-18/h5-9,21-24H,1,3-4,10-16H2,2H3/t21-,22-,23+,24+,26-/m0/s1. The summed E-state index contributed by atoms with van der Waals surface area (Å²) in [6.45, 7) is 9.32. The Labute approximate surface area is 179 Å². The van der Waals surface area contributed by atoms with Crippen molar-refractivity contribution in [2.24, 2.45) is 23.2 Å². The molecule has 4 aliphatic rings. The van der Waals surface area contributed by atoms with Crippen LogP contribution in [0.3, 0.4) is 0 Å². The molecule has 0 spiro atoms. The maximum Gasteiger partial charge on any atom is 0.310 e. The summed E-state index contributed by atoms with van der Waals surface area (Å²) >= 11 is 0. The van der Waals surface area contributed by atoms with E-state index in [1.807, 2.05) is 12.1 Å². The first-order valence-electron chi connectivity index (χ1n) is 11.5. The number of nitrogens with zero attached hydrogens (tertiary/aromatic N) is 1. The van der Waals surface area contributed by atoms with Gasteiger partial charge in [-0.1, -0.05) is 37.3 Å². The fourth-order valence-corrected chi connectivity index (χ4v) is 6.55. The zero-order valence-electron chi connectivity index (χ0n) is 17.9. The smallest absolute Gasteiger partial charge is 0.310 e. The van der Waals surface area contributed by atoms with Crippen LogP contribution in [0, 0.1) is 29.0 Å². The van der Waals surface area contributed by atoms with Gasteiger partial charge in [-0.2, -0.15) is 0 Å². The van der Waals surface area contributed by atoms with Gasteiger partial charge in [0.15, 0.2) is 0 Å². The van der Waals surface area contributed by atoms with Gasteiger partial charge in [0.05, 0.1) is 5.92 Å². The minimum atomic E-state index is -0.199. The van der Waals surface area contributed by atoms with E-state index in [0.29, 0.717) is 11.8 Å². The zero-order chi connectivity index (χ0) is 20.9. The van der Waals surface area contributed by atoms with Gasteiger partial charge in [-0.3, -0.25) is 9.69 Å². The molecule has 2 aliphatic heterocycles. The van der Waals surface area contributed by atoms with Crippen LogP contribution in [0.5, 0.6) is 0 Å². The quantitative estimate of drug-likeness (QED) is 0.506. The van der Waals surface area contributed by atoms with Crippen molar-refractivity contribution in [2.75, 3.05) is 19.6 Å². The number of carbonyl (C=O) groups is 1. The second-order valence-electron chi connectivity index (χ2n) is 10.1. The van der Waals surface area contributed by atoms with E-state index in [1.54, 1.807) is 0 Å². The number of carbonyl (C=O) groups excluding carboxylic acids is 1. The van der Waals surface area contributed by atoms with Crippen molar-refractivity contribution in [1.82, 2.24) is 4.90 Å². The van der Waals surface area contributed by atoms with Crippen LogP contribution in [0.2, 0.25) is 0 Å². The molecule has 30 heavy (non-hydrogen) atoms. The largest absolute Gasteiger partial charge is 0.462 e. The minimum Gasteiger partial charge on any atom is -0.462 e. The lowest BCUT2D eigenvalue weighted by molar-refractivity contribution is -0.146. The van der Waals surface area contributed by atoms with Crippen LogP contribution in [0.15, 0.2) is 42.5 Å². The van der Waals surface area contributed by atoms with E-state index in [0.717, 1.165) is 50.9 Å². The number of hydrogen-bond donors (Lipinski definition) is 0. The molecular formula is C26H32FNO2. The molecule has 1 saturated heterocycles. The van der Waals surface area contributed by atoms with Gasteiger partial charge in [-0.05, 0) is 73.1 Å². The average molecular weight is 410 g/mol. The molecule has 1 aromatic rings. The van der Waals surface area contributed by atoms with Gasteiger partial charge < -0.3 is 4.74 Å². The van der Waals surface area contributed by atoms with E-state index in [9.17, 15) is 9.18 Å². The summed E-state index contributed by atoms with van der Waals surface area (Å²) in [6, 6.07) is 6.75. The molecule has 2 heterocycles. The lowest BCUT2D eigenvalue weighted by Crippen LogP contribution is -2.46. The third-order valence-electron chi connectivity index (χ3n) is 8.28. The molecule has 1 aromatic carbocycles. The van der Waals surface area contributed by atoms with E-state index in [-0.39, 0.29) is 29.2 Å². The second-order valence-corrected chi connectivity index (χ2v) is 10.1. The van der Waals surface area contributed by atoms with Crippen LogP contribution in [-0.2, 0) is 9.53 Å². The summed E-state index contributed by atoms with van der Waals surface area (Å²) in [7, 11) is 0. The Hall–Kier alpha value is -1.94. The lowest BCUT2D eigenvalue weighted by atomic mass is 9.55. The Morgan fingerprint density at radius 1 is 1.27 bits per heavy atom. The highest BCUT2D eigenvalue weighted by molar-refractivity contribution is 5.76. The minimum absolute atomic E-state index is 0.00571. The molecule has 3 fully saturated rings. The second kappa shape index (κ2) is 7.64. The van der Waals surface area contributed by atoms with E-state index in [1.165, 1.54) is 36.1 Å². The highest BCUT2D eigenvalue weighted by Gasteiger charge is 2.55. The van der Waals surface area contributed by atoms with Crippen LogP contribution >= 0.6 is 0 Å². The number of benzene rings is 1. The molecule has 3 nitrogen and oxygen atoms in total. The van der Waals surface area contributed by atoms with Gasteiger partial charge in [0.2, 0.25) is 0 Å². The van der Waals surface area contributed by atoms with Crippen molar-refractivity contribution in [3.63, 3.8) is 0 Å². The molecule has 0 radical (unpaired) electrons. The Balaban J connectivity index is 1.26. The molecule has 4 heteroatoms. The summed E-state index contributed by atoms with van der Waals surface area (Å²) in [6.07, 6.45) is 8.89. The van der Waals surface area contributed by atoms with E-state index in [4.69, 9.17) is 4.74 Å². The topological polar surface area (TPSA) is 29.5 Å².